The highest BCUT2D eigenvalue weighted by Crippen LogP contribution is 2.15. The highest BCUT2D eigenvalue weighted by molar-refractivity contribution is 5.70. The molecule has 1 aromatic rings. The molecule has 0 saturated heterocycles. The molecule has 0 aliphatic heterocycles. The normalized spacial score (nSPS) is 12.1. The Balaban J connectivity index is 2.24. The van der Waals surface area contributed by atoms with Gasteiger partial charge in [-0.2, -0.15) is 0 Å². The summed E-state index contributed by atoms with van der Waals surface area (Å²) >= 11 is 0. The average molecular weight is 741 g/mol. The summed E-state index contributed by atoms with van der Waals surface area (Å²) in [6, 6.07) is 7.67. The van der Waals surface area contributed by atoms with Crippen molar-refractivity contribution in [3.8, 4) is 5.75 Å². The number of methoxy groups -OCH3 is 1. The number of carbonyl (C=O) groups excluding carboxylic acids is 2. The Morgan fingerprint density at radius 3 is 1.40 bits per heavy atom. The van der Waals surface area contributed by atoms with Crippen LogP contribution in [0.4, 0.5) is 0 Å². The summed E-state index contributed by atoms with van der Waals surface area (Å²) in [5.41, 5.74) is 0.991. The molecule has 0 radical (unpaired) electrons. The van der Waals surface area contributed by atoms with Gasteiger partial charge in [-0.15, -0.1) is 0 Å². The zero-order valence-corrected chi connectivity index (χ0v) is 34.6. The molecule has 6 heteroatoms. The van der Waals surface area contributed by atoms with E-state index in [-0.39, 0.29) is 25.2 Å². The van der Waals surface area contributed by atoms with Crippen LogP contribution >= 0.6 is 0 Å². The van der Waals surface area contributed by atoms with Crippen LogP contribution < -0.4 is 4.74 Å². The van der Waals surface area contributed by atoms with Gasteiger partial charge >= 0.3 is 11.9 Å². The zero-order chi connectivity index (χ0) is 38.3. The third kappa shape index (κ3) is 32.5. The van der Waals surface area contributed by atoms with Gasteiger partial charge in [-0.3, -0.25) is 9.59 Å². The molecule has 0 aliphatic carbocycles. The van der Waals surface area contributed by atoms with Gasteiger partial charge in [0, 0.05) is 12.8 Å². The van der Waals surface area contributed by atoms with E-state index in [2.05, 4.69) is 38.2 Å². The van der Waals surface area contributed by atoms with Crippen LogP contribution in [-0.4, -0.2) is 38.4 Å². The first-order chi connectivity index (χ1) is 26.1. The van der Waals surface area contributed by atoms with Crippen molar-refractivity contribution in [2.24, 2.45) is 0 Å². The van der Waals surface area contributed by atoms with Gasteiger partial charge in [-0.1, -0.05) is 153 Å². The van der Waals surface area contributed by atoms with Crippen LogP contribution in [0.5, 0.6) is 5.75 Å². The van der Waals surface area contributed by atoms with Gasteiger partial charge in [0.25, 0.3) is 0 Å². The Bertz CT molecular complexity index is 1020. The van der Waals surface area contributed by atoms with Crippen LogP contribution in [-0.2, 0) is 30.4 Å². The summed E-state index contributed by atoms with van der Waals surface area (Å²) in [5.74, 6) is 0.291. The molecular formula is C47H80O6. The van der Waals surface area contributed by atoms with E-state index >= 15 is 0 Å². The molecule has 0 fully saturated rings. The maximum Gasteiger partial charge on any atom is 0.306 e. The van der Waals surface area contributed by atoms with E-state index in [1.165, 1.54) is 116 Å². The Labute approximate surface area is 326 Å². The second-order valence-corrected chi connectivity index (χ2v) is 14.8. The second kappa shape index (κ2) is 37.7. The minimum atomic E-state index is -0.623. The highest BCUT2D eigenvalue weighted by Gasteiger charge is 2.18. The minimum absolute atomic E-state index is 0.0185. The number of hydrogen-bond donors (Lipinski definition) is 0. The van der Waals surface area contributed by atoms with E-state index in [0.29, 0.717) is 19.4 Å². The zero-order valence-electron chi connectivity index (χ0n) is 34.6. The number of esters is 2. The standard InChI is InChI=1S/C47H80O6/c1-4-6-8-10-12-14-16-18-20-22-24-26-28-30-32-34-46(48)52-42-45(41-51-40-43-36-38-44(50-3)39-37-43)53-47(49)35-33-31-29-27-25-23-21-19-17-15-13-11-9-7-5-2/h18-21,36-39,45H,4-17,22-35,40-42H2,1-3H3/b20-18-,21-19-. The molecule has 304 valence electrons. The van der Waals surface area contributed by atoms with Gasteiger partial charge in [0.2, 0.25) is 0 Å². The van der Waals surface area contributed by atoms with E-state index < -0.39 is 6.10 Å². The molecule has 1 unspecified atom stereocenters. The van der Waals surface area contributed by atoms with Gasteiger partial charge in [0.1, 0.15) is 12.4 Å². The monoisotopic (exact) mass is 741 g/mol. The molecule has 0 saturated carbocycles. The van der Waals surface area contributed by atoms with E-state index in [9.17, 15) is 9.59 Å². The van der Waals surface area contributed by atoms with Gasteiger partial charge < -0.3 is 18.9 Å². The maximum absolute atomic E-state index is 12.7. The third-order valence-electron chi connectivity index (χ3n) is 9.75. The van der Waals surface area contributed by atoms with Crippen molar-refractivity contribution < 1.29 is 28.5 Å². The van der Waals surface area contributed by atoms with Crippen LogP contribution in [0.2, 0.25) is 0 Å². The smallest absolute Gasteiger partial charge is 0.306 e. The van der Waals surface area contributed by atoms with Crippen molar-refractivity contribution in [2.75, 3.05) is 20.3 Å². The fourth-order valence-corrected chi connectivity index (χ4v) is 6.33. The SMILES string of the molecule is CCCCCCCC/C=C\CCCCCCCC(=O)OCC(COCc1ccc(OC)cc1)OC(=O)CCCCCCC/C=C\CCCCCCCC. The summed E-state index contributed by atoms with van der Waals surface area (Å²) in [7, 11) is 1.64. The quantitative estimate of drug-likeness (QED) is 0.0382. The van der Waals surface area contributed by atoms with Crippen LogP contribution in [0, 0.1) is 0 Å². The first kappa shape index (κ1) is 48.4. The summed E-state index contributed by atoms with van der Waals surface area (Å²) in [6.45, 7) is 5.09. The Morgan fingerprint density at radius 2 is 0.943 bits per heavy atom. The largest absolute Gasteiger partial charge is 0.497 e. The van der Waals surface area contributed by atoms with E-state index in [1.54, 1.807) is 7.11 Å². The molecular weight excluding hydrogens is 661 g/mol. The van der Waals surface area contributed by atoms with Crippen LogP contribution in [0.3, 0.4) is 0 Å². The lowest BCUT2D eigenvalue weighted by Crippen LogP contribution is -2.29. The molecule has 6 nitrogen and oxygen atoms in total. The van der Waals surface area contributed by atoms with Crippen molar-refractivity contribution >= 4 is 11.9 Å². The fraction of sp³-hybridized carbons (Fsp3) is 0.745. The third-order valence-corrected chi connectivity index (χ3v) is 9.75. The number of benzene rings is 1. The van der Waals surface area contributed by atoms with E-state index in [4.69, 9.17) is 18.9 Å². The first-order valence-electron chi connectivity index (χ1n) is 21.9. The number of carbonyl (C=O) groups is 2. The maximum atomic E-state index is 12.7. The first-order valence-corrected chi connectivity index (χ1v) is 21.9. The summed E-state index contributed by atoms with van der Waals surface area (Å²) in [4.78, 5) is 25.2. The minimum Gasteiger partial charge on any atom is -0.497 e. The molecule has 0 spiro atoms. The predicted octanol–water partition coefficient (Wildman–Crippen LogP) is 13.7. The van der Waals surface area contributed by atoms with Gasteiger partial charge in [-0.25, -0.2) is 0 Å². The van der Waals surface area contributed by atoms with Gasteiger partial charge in [-0.05, 0) is 81.9 Å². The summed E-state index contributed by atoms with van der Waals surface area (Å²) in [5, 5.41) is 0. The molecule has 0 N–H and O–H groups in total. The molecule has 0 bridgehead atoms. The van der Waals surface area contributed by atoms with Crippen LogP contribution in [0.15, 0.2) is 48.6 Å². The molecule has 1 atom stereocenters. The Morgan fingerprint density at radius 1 is 0.528 bits per heavy atom. The van der Waals surface area contributed by atoms with Crippen molar-refractivity contribution in [2.45, 2.75) is 206 Å². The van der Waals surface area contributed by atoms with Crippen molar-refractivity contribution in [3.05, 3.63) is 54.1 Å². The van der Waals surface area contributed by atoms with Crippen LogP contribution in [0.1, 0.15) is 199 Å². The van der Waals surface area contributed by atoms with Crippen molar-refractivity contribution in [1.82, 2.24) is 0 Å². The Kier molecular flexibility index (Phi) is 34.4. The lowest BCUT2D eigenvalue weighted by atomic mass is 10.1. The van der Waals surface area contributed by atoms with E-state index in [1.807, 2.05) is 24.3 Å². The molecule has 0 heterocycles. The van der Waals surface area contributed by atoms with E-state index in [0.717, 1.165) is 62.7 Å². The average Bonchev–Trinajstić information content (AvgIpc) is 3.17. The summed E-state index contributed by atoms with van der Waals surface area (Å²) in [6.07, 6.45) is 41.1. The van der Waals surface area contributed by atoms with Gasteiger partial charge in [0.05, 0.1) is 20.3 Å². The molecule has 0 amide bonds. The van der Waals surface area contributed by atoms with Crippen LogP contribution in [0.25, 0.3) is 0 Å². The fourth-order valence-electron chi connectivity index (χ4n) is 6.33. The number of allylic oxidation sites excluding steroid dienone is 4. The molecule has 1 aromatic carbocycles. The number of ether oxygens (including phenoxy) is 4. The van der Waals surface area contributed by atoms with Crippen molar-refractivity contribution in [3.63, 3.8) is 0 Å². The number of unbranched alkanes of at least 4 members (excludes halogenated alkanes) is 22. The Hall–Kier alpha value is -2.60. The van der Waals surface area contributed by atoms with Crippen molar-refractivity contribution in [1.29, 1.82) is 0 Å². The topological polar surface area (TPSA) is 71.1 Å². The summed E-state index contributed by atoms with van der Waals surface area (Å²) < 4.78 is 22.4. The number of rotatable bonds is 38. The lowest BCUT2D eigenvalue weighted by molar-refractivity contribution is -0.163. The lowest BCUT2D eigenvalue weighted by Gasteiger charge is -2.18. The molecule has 0 aromatic heterocycles. The predicted molar refractivity (Wildman–Crippen MR) is 222 cm³/mol. The molecule has 1 rings (SSSR count). The van der Waals surface area contributed by atoms with Gasteiger partial charge in [0.15, 0.2) is 6.10 Å². The molecule has 53 heavy (non-hydrogen) atoms. The highest BCUT2D eigenvalue weighted by atomic mass is 16.6. The molecule has 0 aliphatic rings. The number of hydrogen-bond acceptors (Lipinski definition) is 6. The second-order valence-electron chi connectivity index (χ2n) is 14.8.